The van der Waals surface area contributed by atoms with E-state index in [1.807, 2.05) is 0 Å². The molecule has 0 radical (unpaired) electrons. The van der Waals surface area contributed by atoms with Gasteiger partial charge >= 0.3 is 0 Å². The third-order valence-electron chi connectivity index (χ3n) is 3.31. The van der Waals surface area contributed by atoms with Crippen molar-refractivity contribution in [2.24, 2.45) is 0 Å². The Morgan fingerprint density at radius 1 is 1.28 bits per heavy atom. The Morgan fingerprint density at radius 2 is 2.12 bits per heavy atom. The maximum atomic E-state index is 13.9. The van der Waals surface area contributed by atoms with Crippen LogP contribution < -0.4 is 4.74 Å². The fraction of sp³-hybridized carbons (Fsp3) is 0.176. The number of nitriles is 1. The molecule has 6 nitrogen and oxygen atoms in total. The maximum absolute atomic E-state index is 13.9. The number of ether oxygens (including phenoxy) is 1. The van der Waals surface area contributed by atoms with Crippen LogP contribution in [-0.4, -0.2) is 15.2 Å². The van der Waals surface area contributed by atoms with E-state index in [9.17, 15) is 8.78 Å². The molecule has 0 spiro atoms. The number of benzene rings is 1. The van der Waals surface area contributed by atoms with E-state index in [0.29, 0.717) is 11.3 Å². The van der Waals surface area contributed by atoms with Crippen molar-refractivity contribution in [2.45, 2.75) is 19.7 Å². The molecule has 0 amide bonds. The number of pyridine rings is 1. The molecule has 2 aromatic heterocycles. The molecule has 3 rings (SSSR count). The van der Waals surface area contributed by atoms with E-state index in [1.54, 1.807) is 18.2 Å². The second-order valence-corrected chi connectivity index (χ2v) is 5.12. The topological polar surface area (TPSA) is 84.8 Å². The summed E-state index contributed by atoms with van der Waals surface area (Å²) in [5, 5.41) is 16.2. The molecule has 0 bridgehead atoms. The Hall–Kier alpha value is -3.34. The zero-order valence-electron chi connectivity index (χ0n) is 13.1. The number of hydrogen-bond donors (Lipinski definition) is 0. The van der Waals surface area contributed by atoms with Crippen molar-refractivity contribution in [2.75, 3.05) is 0 Å². The van der Waals surface area contributed by atoms with Gasteiger partial charge in [-0.25, -0.2) is 8.78 Å². The standard InChI is InChI=1S/C17H12F2N4O2/c1-10(18)16-22-23-17(25-16)12-5-6-13(21-8-12)9-24-14-4-2-3-11(7-20)15(14)19/h2-6,8,10H,9H2,1H3. The van der Waals surface area contributed by atoms with E-state index in [4.69, 9.17) is 14.4 Å². The fourth-order valence-corrected chi connectivity index (χ4v) is 2.01. The Labute approximate surface area is 141 Å². The first-order valence-electron chi connectivity index (χ1n) is 7.32. The quantitative estimate of drug-likeness (QED) is 0.702. The lowest BCUT2D eigenvalue weighted by Crippen LogP contribution is -2.00. The van der Waals surface area contributed by atoms with Gasteiger partial charge in [0.05, 0.1) is 16.8 Å². The number of alkyl halides is 1. The van der Waals surface area contributed by atoms with Gasteiger partial charge in [0.15, 0.2) is 17.7 Å². The molecular formula is C17H12F2N4O2. The molecule has 0 aliphatic carbocycles. The lowest BCUT2D eigenvalue weighted by atomic mass is 10.2. The second-order valence-electron chi connectivity index (χ2n) is 5.12. The molecule has 1 aromatic carbocycles. The summed E-state index contributed by atoms with van der Waals surface area (Å²) in [6, 6.07) is 9.39. The van der Waals surface area contributed by atoms with Crippen molar-refractivity contribution >= 4 is 0 Å². The smallest absolute Gasteiger partial charge is 0.250 e. The molecule has 25 heavy (non-hydrogen) atoms. The molecule has 2 heterocycles. The Kier molecular flexibility index (Phi) is 4.66. The molecule has 0 fully saturated rings. The second kappa shape index (κ2) is 7.05. The lowest BCUT2D eigenvalue weighted by Gasteiger charge is -2.07. The van der Waals surface area contributed by atoms with Crippen LogP contribution in [0.4, 0.5) is 8.78 Å². The normalized spacial score (nSPS) is 11.8. The minimum absolute atomic E-state index is 0.0165. The average molecular weight is 342 g/mol. The summed E-state index contributed by atoms with van der Waals surface area (Å²) >= 11 is 0. The van der Waals surface area contributed by atoms with Gasteiger partial charge < -0.3 is 9.15 Å². The van der Waals surface area contributed by atoms with Crippen LogP contribution in [-0.2, 0) is 6.61 Å². The van der Waals surface area contributed by atoms with Gasteiger partial charge in [-0.1, -0.05) is 6.07 Å². The fourth-order valence-electron chi connectivity index (χ4n) is 2.01. The maximum Gasteiger partial charge on any atom is 0.250 e. The first-order valence-corrected chi connectivity index (χ1v) is 7.32. The van der Waals surface area contributed by atoms with Crippen LogP contribution >= 0.6 is 0 Å². The van der Waals surface area contributed by atoms with Crippen molar-refractivity contribution in [3.63, 3.8) is 0 Å². The van der Waals surface area contributed by atoms with Gasteiger partial charge in [0.2, 0.25) is 5.89 Å². The summed E-state index contributed by atoms with van der Waals surface area (Å²) < 4.78 is 37.5. The first-order chi connectivity index (χ1) is 12.1. The summed E-state index contributed by atoms with van der Waals surface area (Å²) in [6.07, 6.45) is 0.127. The van der Waals surface area contributed by atoms with Gasteiger partial charge in [0, 0.05) is 6.20 Å². The molecule has 8 heteroatoms. The molecule has 3 aromatic rings. The van der Waals surface area contributed by atoms with E-state index >= 15 is 0 Å². The van der Waals surface area contributed by atoms with Crippen LogP contribution in [0.15, 0.2) is 40.9 Å². The van der Waals surface area contributed by atoms with E-state index in [2.05, 4.69) is 15.2 Å². The zero-order valence-corrected chi connectivity index (χ0v) is 13.1. The molecular weight excluding hydrogens is 330 g/mol. The highest BCUT2D eigenvalue weighted by Crippen LogP contribution is 2.23. The Morgan fingerprint density at radius 3 is 2.76 bits per heavy atom. The minimum Gasteiger partial charge on any atom is -0.484 e. The first kappa shape index (κ1) is 16.5. The van der Waals surface area contributed by atoms with Crippen LogP contribution in [0.5, 0.6) is 5.75 Å². The van der Waals surface area contributed by atoms with E-state index < -0.39 is 12.0 Å². The molecule has 1 atom stereocenters. The molecule has 0 saturated heterocycles. The van der Waals surface area contributed by atoms with Gasteiger partial charge in [0.25, 0.3) is 5.89 Å². The third-order valence-corrected chi connectivity index (χ3v) is 3.31. The average Bonchev–Trinajstić information content (AvgIpc) is 3.12. The van der Waals surface area contributed by atoms with E-state index in [1.165, 1.54) is 31.3 Å². The molecule has 0 aliphatic heterocycles. The van der Waals surface area contributed by atoms with Crippen molar-refractivity contribution in [1.29, 1.82) is 5.26 Å². The Balaban J connectivity index is 1.70. The van der Waals surface area contributed by atoms with Crippen LogP contribution in [0.25, 0.3) is 11.5 Å². The monoisotopic (exact) mass is 342 g/mol. The van der Waals surface area contributed by atoms with E-state index in [0.717, 1.165) is 0 Å². The van der Waals surface area contributed by atoms with Gasteiger partial charge in [-0.15, -0.1) is 10.2 Å². The lowest BCUT2D eigenvalue weighted by molar-refractivity contribution is 0.285. The van der Waals surface area contributed by atoms with Crippen LogP contribution in [0, 0.1) is 17.1 Å². The van der Waals surface area contributed by atoms with Crippen LogP contribution in [0.3, 0.4) is 0 Å². The number of hydrogen-bond acceptors (Lipinski definition) is 6. The Bertz CT molecular complexity index is 917. The summed E-state index contributed by atoms with van der Waals surface area (Å²) in [5.41, 5.74) is 0.972. The molecule has 1 unspecified atom stereocenters. The third kappa shape index (κ3) is 3.61. The highest BCUT2D eigenvalue weighted by molar-refractivity contribution is 5.50. The summed E-state index contributed by atoms with van der Waals surface area (Å²) in [7, 11) is 0. The highest BCUT2D eigenvalue weighted by atomic mass is 19.1. The van der Waals surface area contributed by atoms with Gasteiger partial charge in [-0.3, -0.25) is 4.98 Å². The van der Waals surface area contributed by atoms with Gasteiger partial charge in [-0.2, -0.15) is 5.26 Å². The predicted molar refractivity (Wildman–Crippen MR) is 82.5 cm³/mol. The molecule has 0 N–H and O–H groups in total. The summed E-state index contributed by atoms with van der Waals surface area (Å²) in [4.78, 5) is 4.16. The van der Waals surface area contributed by atoms with Crippen LogP contribution in [0.1, 0.15) is 30.2 Å². The number of halogens is 2. The molecule has 0 aliphatic rings. The van der Waals surface area contributed by atoms with Crippen molar-refractivity contribution in [1.82, 2.24) is 15.2 Å². The summed E-state index contributed by atoms with van der Waals surface area (Å²) in [6.45, 7) is 1.32. The van der Waals surface area contributed by atoms with Crippen molar-refractivity contribution < 1.29 is 17.9 Å². The zero-order chi connectivity index (χ0) is 17.8. The van der Waals surface area contributed by atoms with E-state index in [-0.39, 0.29) is 29.7 Å². The highest BCUT2D eigenvalue weighted by Gasteiger charge is 2.14. The largest absolute Gasteiger partial charge is 0.484 e. The summed E-state index contributed by atoms with van der Waals surface area (Å²) in [5.74, 6) is -0.675. The number of nitrogens with zero attached hydrogens (tertiary/aromatic N) is 4. The van der Waals surface area contributed by atoms with Gasteiger partial charge in [0.1, 0.15) is 12.7 Å². The number of aromatic nitrogens is 3. The molecule has 126 valence electrons. The van der Waals surface area contributed by atoms with Crippen LogP contribution in [0.2, 0.25) is 0 Å². The SMILES string of the molecule is CC(F)c1nnc(-c2ccc(COc3cccc(C#N)c3F)nc2)o1. The predicted octanol–water partition coefficient (Wildman–Crippen LogP) is 3.75. The van der Waals surface area contributed by atoms with Crippen molar-refractivity contribution in [3.8, 4) is 23.3 Å². The van der Waals surface area contributed by atoms with Crippen molar-refractivity contribution in [3.05, 3.63) is 59.5 Å². The molecule has 0 saturated carbocycles. The number of rotatable bonds is 5. The minimum atomic E-state index is -1.35. The van der Waals surface area contributed by atoms with Gasteiger partial charge in [-0.05, 0) is 31.2 Å².